The summed E-state index contributed by atoms with van der Waals surface area (Å²) in [6, 6.07) is 4.19. The molecule has 55 heavy (non-hydrogen) atoms. The van der Waals surface area contributed by atoms with Gasteiger partial charge in [0.2, 0.25) is 0 Å². The molecule has 2 saturated heterocycles. The molecular formula is C42H54F6N4O3. The number of alkyl halides is 6. The van der Waals surface area contributed by atoms with Crippen molar-refractivity contribution in [1.82, 2.24) is 20.4 Å². The molecule has 13 heteroatoms. The van der Waals surface area contributed by atoms with Crippen molar-refractivity contribution in [1.29, 1.82) is 0 Å². The highest BCUT2D eigenvalue weighted by molar-refractivity contribution is 5.99. The molecule has 0 radical (unpaired) electrons. The van der Waals surface area contributed by atoms with Gasteiger partial charge in [-0.2, -0.15) is 26.3 Å². The van der Waals surface area contributed by atoms with Gasteiger partial charge >= 0.3 is 12.4 Å². The molecule has 2 aromatic carbocycles. The Morgan fingerprint density at radius 3 is 1.89 bits per heavy atom. The van der Waals surface area contributed by atoms with Gasteiger partial charge in [-0.1, -0.05) is 12.8 Å². The Kier molecular flexibility index (Phi) is 11.5. The largest absolute Gasteiger partial charge is 0.496 e. The van der Waals surface area contributed by atoms with Crippen LogP contribution in [0.2, 0.25) is 0 Å². The number of nitrogens with one attached hydrogen (secondary N) is 2. The third kappa shape index (κ3) is 8.67. The van der Waals surface area contributed by atoms with Crippen LogP contribution in [0, 0.1) is 25.7 Å². The lowest BCUT2D eigenvalue weighted by Crippen LogP contribution is -2.55. The van der Waals surface area contributed by atoms with Gasteiger partial charge < -0.3 is 15.4 Å². The van der Waals surface area contributed by atoms with Crippen LogP contribution in [0.1, 0.15) is 132 Å². The number of ether oxygens (including phenoxy) is 1. The molecule has 7 nitrogen and oxygen atoms in total. The van der Waals surface area contributed by atoms with E-state index in [0.717, 1.165) is 127 Å². The molecule has 2 amide bonds. The molecule has 2 aliphatic heterocycles. The zero-order chi connectivity index (χ0) is 39.2. The van der Waals surface area contributed by atoms with Crippen LogP contribution < -0.4 is 15.4 Å². The van der Waals surface area contributed by atoms with Crippen LogP contribution in [-0.2, 0) is 12.4 Å². The van der Waals surface area contributed by atoms with Gasteiger partial charge in [0, 0.05) is 36.3 Å². The maximum Gasteiger partial charge on any atom is 0.416 e. The zero-order valence-corrected chi connectivity index (χ0v) is 32.1. The lowest BCUT2D eigenvalue weighted by Gasteiger charge is -2.43. The second-order valence-corrected chi connectivity index (χ2v) is 16.8. The number of carbonyl (C=O) groups is 2. The van der Waals surface area contributed by atoms with Crippen LogP contribution in [0.5, 0.6) is 5.75 Å². The average molecular weight is 777 g/mol. The Hall–Kier alpha value is -3.32. The first-order valence-electron chi connectivity index (χ1n) is 20.2. The maximum atomic E-state index is 14.2. The smallest absolute Gasteiger partial charge is 0.416 e. The molecule has 7 rings (SSSR count). The van der Waals surface area contributed by atoms with Crippen LogP contribution in [0.4, 0.5) is 26.3 Å². The fourth-order valence-corrected chi connectivity index (χ4v) is 10.4. The summed E-state index contributed by atoms with van der Waals surface area (Å²) in [5, 5.41) is 6.57. The summed E-state index contributed by atoms with van der Waals surface area (Å²) in [5.41, 5.74) is 0.00732. The second-order valence-electron chi connectivity index (χ2n) is 16.8. The van der Waals surface area contributed by atoms with E-state index in [9.17, 15) is 35.9 Å². The molecule has 2 heterocycles. The van der Waals surface area contributed by atoms with Gasteiger partial charge in [-0.15, -0.1) is 0 Å². The van der Waals surface area contributed by atoms with Crippen molar-refractivity contribution in [2.45, 2.75) is 133 Å². The predicted molar refractivity (Wildman–Crippen MR) is 197 cm³/mol. The van der Waals surface area contributed by atoms with Crippen molar-refractivity contribution in [3.8, 4) is 5.75 Å². The van der Waals surface area contributed by atoms with Crippen LogP contribution >= 0.6 is 0 Å². The number of carbonyl (C=O) groups excluding carboxylic acids is 2. The quantitative estimate of drug-likeness (QED) is 0.250. The standard InChI is InChI=1S/C42H54F6N4O3/c1-24-18-29(41(43,44)45)19-25(2)37(24)39(53)49-32-8-4-5-9-34(32)52-17-14-28(23-52)27-12-13-35(51-15-6-7-16-51)33(20-27)50-40(54)38-31(26-10-11-26)21-30(42(46,47)48)22-36(38)55-3/h18-19,21-22,26-28,32-35H,4-17,20,23H2,1-3H3,(H,49,53)(H,50,54)/t27?,28?,32-,33-,34+,35+/m0/s1. The van der Waals surface area contributed by atoms with Gasteiger partial charge in [0.1, 0.15) is 5.75 Å². The van der Waals surface area contributed by atoms with Crippen molar-refractivity contribution >= 4 is 11.8 Å². The molecule has 302 valence electrons. The van der Waals surface area contributed by atoms with Crippen molar-refractivity contribution in [3.63, 3.8) is 0 Å². The molecule has 6 atom stereocenters. The summed E-state index contributed by atoms with van der Waals surface area (Å²) in [6.45, 7) is 6.80. The van der Waals surface area contributed by atoms with Crippen LogP contribution in [0.3, 0.4) is 0 Å². The van der Waals surface area contributed by atoms with Gasteiger partial charge in [-0.25, -0.2) is 0 Å². The van der Waals surface area contributed by atoms with E-state index in [1.165, 1.54) is 7.11 Å². The van der Waals surface area contributed by atoms with E-state index in [1.54, 1.807) is 13.8 Å². The average Bonchev–Trinajstić information content (AvgIpc) is 3.60. The van der Waals surface area contributed by atoms with Crippen LogP contribution in [-0.4, -0.2) is 79.1 Å². The molecular weight excluding hydrogens is 722 g/mol. The Balaban J connectivity index is 1.05. The SMILES string of the molecule is COc1cc(C(F)(F)F)cc(C2CC2)c1C(=O)N[C@H]1CC(C2CCN([C@@H]3CCCC[C@@H]3NC(=O)c3c(C)cc(C(F)(F)F)cc3C)C2)CC[C@H]1N1CCCC1. The molecule has 5 fully saturated rings. The number of amides is 2. The third-order valence-electron chi connectivity index (χ3n) is 13.2. The van der Waals surface area contributed by atoms with Crippen LogP contribution in [0.25, 0.3) is 0 Å². The van der Waals surface area contributed by atoms with Crippen molar-refractivity contribution in [3.05, 3.63) is 63.2 Å². The fourth-order valence-electron chi connectivity index (χ4n) is 10.4. The van der Waals surface area contributed by atoms with Crippen molar-refractivity contribution < 1.29 is 40.7 Å². The number of nitrogens with zero attached hydrogens (tertiary/aromatic N) is 2. The highest BCUT2D eigenvalue weighted by Gasteiger charge is 2.44. The monoisotopic (exact) mass is 776 g/mol. The summed E-state index contributed by atoms with van der Waals surface area (Å²) in [4.78, 5) is 32.8. The number of likely N-dealkylation sites (tertiary alicyclic amines) is 2. The molecule has 0 bridgehead atoms. The number of hydrogen-bond acceptors (Lipinski definition) is 5. The number of rotatable bonds is 9. The first kappa shape index (κ1) is 39.9. The lowest BCUT2D eigenvalue weighted by atomic mass is 9.74. The Bertz CT molecular complexity index is 1710. The maximum absolute atomic E-state index is 14.2. The predicted octanol–water partition coefficient (Wildman–Crippen LogP) is 8.65. The highest BCUT2D eigenvalue weighted by atomic mass is 19.4. The molecule has 2 unspecified atom stereocenters. The van der Waals surface area contributed by atoms with Gasteiger partial charge in [-0.3, -0.25) is 19.4 Å². The second kappa shape index (κ2) is 15.9. The Labute approximate surface area is 319 Å². The summed E-state index contributed by atoms with van der Waals surface area (Å²) in [7, 11) is 1.32. The number of methoxy groups -OCH3 is 1. The minimum Gasteiger partial charge on any atom is -0.496 e. The molecule has 3 aliphatic carbocycles. The summed E-state index contributed by atoms with van der Waals surface area (Å²) >= 11 is 0. The van der Waals surface area contributed by atoms with E-state index in [2.05, 4.69) is 20.4 Å². The third-order valence-corrected chi connectivity index (χ3v) is 13.2. The highest BCUT2D eigenvalue weighted by Crippen LogP contribution is 2.47. The number of halogens is 6. The molecule has 2 N–H and O–H groups in total. The van der Waals surface area contributed by atoms with E-state index < -0.39 is 23.5 Å². The van der Waals surface area contributed by atoms with E-state index in [0.29, 0.717) is 34.1 Å². The summed E-state index contributed by atoms with van der Waals surface area (Å²) in [5.74, 6) is -0.0888. The van der Waals surface area contributed by atoms with Crippen molar-refractivity contribution in [2.24, 2.45) is 11.8 Å². The van der Waals surface area contributed by atoms with Gasteiger partial charge in [-0.05, 0) is 156 Å². The minimum absolute atomic E-state index is 0.0384. The number of hydrogen-bond donors (Lipinski definition) is 2. The van der Waals surface area contributed by atoms with E-state index >= 15 is 0 Å². The first-order valence-corrected chi connectivity index (χ1v) is 20.2. The molecule has 5 aliphatic rings. The summed E-state index contributed by atoms with van der Waals surface area (Å²) < 4.78 is 87.3. The lowest BCUT2D eigenvalue weighted by molar-refractivity contribution is -0.138. The Morgan fingerprint density at radius 2 is 1.25 bits per heavy atom. The van der Waals surface area contributed by atoms with E-state index in [1.807, 2.05) is 0 Å². The normalized spacial score (nSPS) is 28.3. The van der Waals surface area contributed by atoms with Gasteiger partial charge in [0.05, 0.1) is 23.8 Å². The topological polar surface area (TPSA) is 73.9 Å². The van der Waals surface area contributed by atoms with Crippen LogP contribution in [0.15, 0.2) is 24.3 Å². The van der Waals surface area contributed by atoms with E-state index in [-0.39, 0.29) is 53.2 Å². The number of aryl methyl sites for hydroxylation is 2. The summed E-state index contributed by atoms with van der Waals surface area (Å²) in [6.07, 6.45) is 2.14. The minimum atomic E-state index is -4.55. The first-order chi connectivity index (χ1) is 26.1. The molecule has 3 saturated carbocycles. The molecule has 2 aromatic rings. The van der Waals surface area contributed by atoms with Gasteiger partial charge in [0.15, 0.2) is 0 Å². The Morgan fingerprint density at radius 1 is 0.655 bits per heavy atom. The number of benzene rings is 2. The fraction of sp³-hybridized carbons (Fsp3) is 0.667. The van der Waals surface area contributed by atoms with Gasteiger partial charge in [0.25, 0.3) is 11.8 Å². The van der Waals surface area contributed by atoms with E-state index in [4.69, 9.17) is 4.74 Å². The van der Waals surface area contributed by atoms with Crippen molar-refractivity contribution in [2.75, 3.05) is 33.3 Å². The molecule has 0 aromatic heterocycles. The zero-order valence-electron chi connectivity index (χ0n) is 32.1. The molecule has 0 spiro atoms.